The number of aromatic nitrogens is 6. The molecular weight excluding hydrogens is 1950 g/mol. The van der Waals surface area contributed by atoms with Crippen molar-refractivity contribution in [3.05, 3.63) is 23.8 Å². The lowest BCUT2D eigenvalue weighted by molar-refractivity contribution is -0.381. The van der Waals surface area contributed by atoms with E-state index in [-0.39, 0.29) is 70.7 Å². The highest BCUT2D eigenvalue weighted by Crippen LogP contribution is 2.43. The number of rotatable bonds is 53. The van der Waals surface area contributed by atoms with Gasteiger partial charge in [0.15, 0.2) is 61.7 Å². The van der Waals surface area contributed by atoms with Gasteiger partial charge in [-0.25, -0.2) is 9.36 Å². The smallest absolute Gasteiger partial charge is 0.296 e. The highest BCUT2D eigenvalue weighted by molar-refractivity contribution is 5.93. The minimum atomic E-state index is -1.12. The Morgan fingerprint density at radius 3 is 0.719 bits per heavy atom. The summed E-state index contributed by atoms with van der Waals surface area (Å²) < 4.78 is 252. The summed E-state index contributed by atoms with van der Waals surface area (Å²) in [7, 11) is 39.3. The summed E-state index contributed by atoms with van der Waals surface area (Å²) >= 11 is 0. The molecule has 2 aromatic rings. The average Bonchev–Trinajstić information content (AvgIpc) is 0.797. The number of amides is 3. The zero-order valence-electron chi connectivity index (χ0n) is 88.7. The predicted molar refractivity (Wildman–Crippen MR) is 494 cm³/mol. The zero-order valence-corrected chi connectivity index (χ0v) is 88.7. The SMILES string of the molecule is C#CC(=O)NC1C(C)OC(OC2C(COC)OC(OC3C(COC)OC(OC)C(OC)C3OC)C(OC)C2OC)C(OC)C1OC.COCC1OC(CO)C(OC)C(OC)C1OC1OC(COC)C(OC2OC(C)C(NC(=O)c3cn(CCn4cc(C(=O)NC5C(C)OC(OC6C(COC)OC(OC7C(COC)OC(OC)C(OC)C7OC)C(OC)C6OC)C(OC)C5OC)nn4)nn3)C(OC)C2OC)C(OC)C1OC. The number of nitrogens with one attached hydrogen (secondary N) is 3. The number of aryl methyl sites for hydroxylation is 2. The van der Waals surface area contributed by atoms with Crippen LogP contribution in [0, 0.1) is 12.3 Å². The van der Waals surface area contributed by atoms with E-state index in [4.69, 9.17) is 201 Å². The van der Waals surface area contributed by atoms with Crippen molar-refractivity contribution < 1.29 is 214 Å². The van der Waals surface area contributed by atoms with Crippen LogP contribution >= 0.6 is 0 Å². The monoisotopic (exact) mass is 2110 g/mol. The molecule has 146 heavy (non-hydrogen) atoms. The molecule has 45 unspecified atom stereocenters. The Labute approximate surface area is 851 Å². The topological polar surface area (TPSA) is 547 Å². The van der Waals surface area contributed by atoms with Gasteiger partial charge in [0.2, 0.25) is 0 Å². The number of hydrogen-bond acceptors (Lipinski definition) is 49. The summed E-state index contributed by atoms with van der Waals surface area (Å²) in [6.07, 6.45) is -26.1. The zero-order chi connectivity index (χ0) is 106. The van der Waals surface area contributed by atoms with Crippen LogP contribution in [0.1, 0.15) is 41.7 Å². The summed E-state index contributed by atoms with van der Waals surface area (Å²) in [5.74, 6) is 0.282. The number of hydrogen-bond donors (Lipinski definition) is 4. The second kappa shape index (κ2) is 60.4. The first-order valence-corrected chi connectivity index (χ1v) is 47.8. The largest absolute Gasteiger partial charge is 0.394 e. The van der Waals surface area contributed by atoms with Crippen molar-refractivity contribution in [2.24, 2.45) is 0 Å². The molecular formula is C92H157N9O45. The highest BCUT2D eigenvalue weighted by Gasteiger charge is 2.62. The molecule has 9 fully saturated rings. The third-order valence-electron chi connectivity index (χ3n) is 27.5. The lowest BCUT2D eigenvalue weighted by Gasteiger charge is -2.51. The first-order chi connectivity index (χ1) is 70.6. The van der Waals surface area contributed by atoms with Gasteiger partial charge in [0.25, 0.3) is 17.7 Å². The summed E-state index contributed by atoms with van der Waals surface area (Å²) in [6, 6.07) is -2.21. The van der Waals surface area contributed by atoms with Crippen LogP contribution in [0.5, 0.6) is 0 Å². The molecule has 9 aliphatic heterocycles. The van der Waals surface area contributed by atoms with Gasteiger partial charge in [0.1, 0.15) is 189 Å². The number of carbonyl (C=O) groups excluding carboxylic acids is 3. The van der Waals surface area contributed by atoms with Gasteiger partial charge in [-0.05, 0) is 26.7 Å². The lowest BCUT2D eigenvalue weighted by Crippen LogP contribution is -2.68. The Balaban J connectivity index is 0.000000395. The molecule has 11 heterocycles. The van der Waals surface area contributed by atoms with Crippen LogP contribution in [0.3, 0.4) is 0 Å². The van der Waals surface area contributed by atoms with Crippen LogP contribution in [0.2, 0.25) is 0 Å². The fraction of sp³-hybridized carbons (Fsp3) is 0.902. The van der Waals surface area contributed by atoms with Crippen molar-refractivity contribution >= 4 is 17.7 Å². The van der Waals surface area contributed by atoms with E-state index in [9.17, 15) is 19.5 Å². The summed E-state index contributed by atoms with van der Waals surface area (Å²) in [5.41, 5.74) is -0.0275. The first-order valence-electron chi connectivity index (χ1n) is 47.8. The molecule has 0 saturated carbocycles. The van der Waals surface area contributed by atoms with Gasteiger partial charge < -0.3 is 215 Å². The van der Waals surface area contributed by atoms with E-state index in [1.165, 1.54) is 185 Å². The third kappa shape index (κ3) is 28.5. The van der Waals surface area contributed by atoms with Crippen LogP contribution in [0.25, 0.3) is 0 Å². The number of aliphatic hydroxyl groups excluding tert-OH is 1. The molecule has 0 bridgehead atoms. The lowest BCUT2D eigenvalue weighted by atomic mass is 9.93. The van der Waals surface area contributed by atoms with Gasteiger partial charge >= 0.3 is 0 Å². The minimum absolute atomic E-state index is 0.0126. The standard InChI is InChI=1S/C62H106N8O30.C30H51NO15/c1-29-38(45(79-8)51(85-14)59(91-29)97-43-36(27-76-5)95-61(54(88-17)49(43)83-12)99-41-34(25-74-3)93-33(24-71)40(78-7)47(41)81-10)63-56(72)31-22-69(67-65-31)20-21-70-23-32(66-68-70)57(73)64-39-30(2)92-60(52(86-15)46(39)80-9)98-44-37(28-77-6)96-62(55(89-18)50(44)84-13)100-42-35(26-75-4)94-58(90-19)53(87-16)48(42)82-11;1-12-18(32)31-19-15(2)42-29(25(38-8)22(19)35-5)45-21-17(14-34-4)44-30(27(40-10)24(21)37-7)46-20-16(13-33-3)43-28(41-11)26(39-9)23(20)36-6/h22-23,29-30,33-55,58-62,71H,20-21,24-28H2,1-19H3,(H,63,72)(H,64,73);1,15-17,19-30H,13-14H2,2-11H3,(H,31,32). The molecule has 11 rings (SSSR count). The molecule has 840 valence electrons. The quantitative estimate of drug-likeness (QED) is 0.0462. The van der Waals surface area contributed by atoms with E-state index < -0.39 is 294 Å². The average molecular weight is 2110 g/mol. The van der Waals surface area contributed by atoms with Crippen LogP contribution in [-0.4, -0.2) is 560 Å². The van der Waals surface area contributed by atoms with Crippen molar-refractivity contribution in [1.82, 2.24) is 45.9 Å². The van der Waals surface area contributed by atoms with Gasteiger partial charge in [-0.15, -0.1) is 16.6 Å². The van der Waals surface area contributed by atoms with Crippen molar-refractivity contribution in [2.75, 3.05) is 231 Å². The molecule has 0 spiro atoms. The number of ether oxygens (including phenoxy) is 41. The fourth-order valence-corrected chi connectivity index (χ4v) is 20.5. The van der Waals surface area contributed by atoms with E-state index in [0.29, 0.717) is 0 Å². The van der Waals surface area contributed by atoms with Crippen molar-refractivity contribution in [2.45, 2.75) is 310 Å². The van der Waals surface area contributed by atoms with E-state index in [1.807, 2.05) is 0 Å². The van der Waals surface area contributed by atoms with Crippen molar-refractivity contribution in [3.8, 4) is 12.3 Å². The molecule has 9 aliphatic rings. The van der Waals surface area contributed by atoms with Crippen LogP contribution in [0.15, 0.2) is 12.4 Å². The normalized spacial score (nSPS) is 40.2. The van der Waals surface area contributed by atoms with Crippen LogP contribution < -0.4 is 16.0 Å². The molecule has 45 atom stereocenters. The Morgan fingerprint density at radius 1 is 0.281 bits per heavy atom. The highest BCUT2D eigenvalue weighted by atomic mass is 16.8. The molecule has 3 amide bonds. The Bertz CT molecular complexity index is 3940. The van der Waals surface area contributed by atoms with E-state index >= 15 is 0 Å². The number of nitrogens with zero attached hydrogens (tertiary/aromatic N) is 6. The number of aliphatic hydroxyl groups is 1. The summed E-state index contributed by atoms with van der Waals surface area (Å²) in [4.78, 5) is 40.1. The maximum atomic E-state index is 14.0. The molecule has 0 radical (unpaired) electrons. The molecule has 2 aromatic heterocycles. The number of terminal acetylenes is 1. The van der Waals surface area contributed by atoms with E-state index in [2.05, 4.69) is 42.5 Å². The summed E-state index contributed by atoms with van der Waals surface area (Å²) in [6.45, 7) is 5.80. The number of carbonyl (C=O) groups is 3. The maximum absolute atomic E-state index is 14.0. The minimum Gasteiger partial charge on any atom is -0.394 e. The van der Waals surface area contributed by atoms with Gasteiger partial charge in [-0.3, -0.25) is 14.4 Å². The van der Waals surface area contributed by atoms with E-state index in [1.54, 1.807) is 42.1 Å². The Morgan fingerprint density at radius 2 is 0.493 bits per heavy atom. The van der Waals surface area contributed by atoms with Gasteiger partial charge in [-0.2, -0.15) is 0 Å². The van der Waals surface area contributed by atoms with E-state index in [0.717, 1.165) is 0 Å². The predicted octanol–water partition coefficient (Wildman–Crippen LogP) is -3.76. The molecule has 0 aliphatic carbocycles. The Kier molecular flexibility index (Phi) is 50.7. The van der Waals surface area contributed by atoms with Gasteiger partial charge in [-0.1, -0.05) is 10.4 Å². The van der Waals surface area contributed by atoms with Crippen LogP contribution in [-0.2, 0) is 212 Å². The summed E-state index contributed by atoms with van der Waals surface area (Å²) in [5, 5.41) is 35.6. The molecule has 0 aromatic carbocycles. The van der Waals surface area contributed by atoms with Crippen molar-refractivity contribution in [1.29, 1.82) is 0 Å². The fourth-order valence-electron chi connectivity index (χ4n) is 20.5. The number of methoxy groups -OCH3 is 26. The molecule has 54 nitrogen and oxygen atoms in total. The molecule has 4 N–H and O–H groups in total. The maximum Gasteiger partial charge on any atom is 0.296 e. The second-order valence-electron chi connectivity index (χ2n) is 35.5. The first kappa shape index (κ1) is 122. The third-order valence-corrected chi connectivity index (χ3v) is 27.5. The van der Waals surface area contributed by atoms with Gasteiger partial charge in [0.05, 0.1) is 108 Å². The molecule has 9 saturated heterocycles. The van der Waals surface area contributed by atoms with Crippen molar-refractivity contribution in [3.63, 3.8) is 0 Å². The van der Waals surface area contributed by atoms with Crippen LogP contribution in [0.4, 0.5) is 0 Å². The second-order valence-corrected chi connectivity index (χ2v) is 35.5. The van der Waals surface area contributed by atoms with Gasteiger partial charge in [0, 0.05) is 185 Å². The molecule has 54 heteroatoms. The Hall–Kier alpha value is -5.43.